The van der Waals surface area contributed by atoms with Crippen molar-refractivity contribution in [2.24, 2.45) is 0 Å². The Balaban J connectivity index is 1.70. The average molecular weight is 375 g/mol. The summed E-state index contributed by atoms with van der Waals surface area (Å²) in [6.45, 7) is 5.09. The van der Waals surface area contributed by atoms with Crippen molar-refractivity contribution in [2.45, 2.75) is 49.1 Å². The topological polar surface area (TPSA) is 34.9 Å². The summed E-state index contributed by atoms with van der Waals surface area (Å²) in [7, 11) is 0. The summed E-state index contributed by atoms with van der Waals surface area (Å²) in [6, 6.07) is 18.8. The summed E-state index contributed by atoms with van der Waals surface area (Å²) in [4.78, 5) is 18.6. The van der Waals surface area contributed by atoms with Crippen molar-refractivity contribution in [3.05, 3.63) is 81.6 Å². The zero-order valence-electron chi connectivity index (χ0n) is 15.6. The molecule has 2 heterocycles. The Morgan fingerprint density at radius 2 is 1.89 bits per heavy atom. The summed E-state index contributed by atoms with van der Waals surface area (Å²) < 4.78 is 1.91. The van der Waals surface area contributed by atoms with Crippen LogP contribution in [0.2, 0.25) is 0 Å². The van der Waals surface area contributed by atoms with Gasteiger partial charge in [-0.15, -0.1) is 0 Å². The molecule has 3 aromatic rings. The molecule has 5 rings (SSSR count). The van der Waals surface area contributed by atoms with E-state index in [4.69, 9.17) is 4.98 Å². The molecule has 0 N–H and O–H groups in total. The number of fused-ring (bicyclic) bond motifs is 4. The molecule has 0 fully saturated rings. The number of hydrogen-bond donors (Lipinski definition) is 0. The monoisotopic (exact) mass is 374 g/mol. The van der Waals surface area contributed by atoms with Crippen LogP contribution in [-0.2, 0) is 18.4 Å². The van der Waals surface area contributed by atoms with Crippen LogP contribution in [0.5, 0.6) is 0 Å². The van der Waals surface area contributed by atoms with Gasteiger partial charge in [0.1, 0.15) is 0 Å². The number of nitrogens with zero attached hydrogens (tertiary/aromatic N) is 2. The average Bonchev–Trinajstić information content (AvgIpc) is 3.13. The minimum Gasteiger partial charge on any atom is -0.286 e. The van der Waals surface area contributed by atoms with Crippen LogP contribution < -0.4 is 5.56 Å². The minimum absolute atomic E-state index is 0.153. The van der Waals surface area contributed by atoms with Crippen LogP contribution >= 0.6 is 11.8 Å². The van der Waals surface area contributed by atoms with Gasteiger partial charge in [0.15, 0.2) is 5.16 Å². The van der Waals surface area contributed by atoms with Crippen LogP contribution in [0.15, 0.2) is 64.5 Å². The molecule has 1 aliphatic heterocycles. The highest BCUT2D eigenvalue weighted by Gasteiger charge is 2.39. The van der Waals surface area contributed by atoms with Gasteiger partial charge in [-0.05, 0) is 24.0 Å². The lowest BCUT2D eigenvalue weighted by molar-refractivity contribution is 0.429. The van der Waals surface area contributed by atoms with Gasteiger partial charge < -0.3 is 0 Å². The lowest BCUT2D eigenvalue weighted by Crippen LogP contribution is -2.39. The lowest BCUT2D eigenvalue weighted by Gasteiger charge is -2.35. The van der Waals surface area contributed by atoms with E-state index >= 15 is 0 Å². The smallest absolute Gasteiger partial charge is 0.258 e. The molecule has 2 aromatic carbocycles. The number of hydrogen-bond acceptors (Lipinski definition) is 3. The molecule has 2 atom stereocenters. The normalized spacial score (nSPS) is 22.8. The third-order valence-corrected chi connectivity index (χ3v) is 7.37. The van der Waals surface area contributed by atoms with E-state index in [1.807, 2.05) is 16.7 Å². The summed E-state index contributed by atoms with van der Waals surface area (Å²) in [5.74, 6) is 0. The molecule has 0 saturated heterocycles. The molecule has 0 radical (unpaired) electrons. The number of aromatic nitrogens is 2. The third-order valence-electron chi connectivity index (χ3n) is 6.14. The first-order valence-electron chi connectivity index (χ1n) is 9.56. The number of thioether (sulfide) groups is 1. The van der Waals surface area contributed by atoms with Gasteiger partial charge in [0, 0.05) is 17.5 Å². The Morgan fingerprint density at radius 3 is 2.67 bits per heavy atom. The molecule has 0 unspecified atom stereocenters. The first kappa shape index (κ1) is 16.8. The minimum atomic E-state index is -0.161. The van der Waals surface area contributed by atoms with Crippen molar-refractivity contribution < 1.29 is 0 Å². The molecular weight excluding hydrogens is 352 g/mol. The van der Waals surface area contributed by atoms with Crippen molar-refractivity contribution in [2.75, 3.05) is 0 Å². The van der Waals surface area contributed by atoms with E-state index in [0.29, 0.717) is 6.54 Å². The Labute approximate surface area is 163 Å². The second-order valence-corrected chi connectivity index (χ2v) is 8.97. The van der Waals surface area contributed by atoms with Crippen LogP contribution in [0.3, 0.4) is 0 Å². The van der Waals surface area contributed by atoms with Gasteiger partial charge in [-0.2, -0.15) is 0 Å². The first-order chi connectivity index (χ1) is 13.1. The molecule has 1 aromatic heterocycles. The first-order valence-corrected chi connectivity index (χ1v) is 10.4. The highest BCUT2D eigenvalue weighted by molar-refractivity contribution is 7.99. The summed E-state index contributed by atoms with van der Waals surface area (Å²) in [6.07, 6.45) is 1.83. The molecule has 3 nitrogen and oxygen atoms in total. The van der Waals surface area contributed by atoms with E-state index in [9.17, 15) is 4.79 Å². The van der Waals surface area contributed by atoms with Crippen molar-refractivity contribution in [3.63, 3.8) is 0 Å². The fourth-order valence-corrected chi connectivity index (χ4v) is 5.61. The van der Waals surface area contributed by atoms with Gasteiger partial charge in [-0.25, -0.2) is 4.98 Å². The lowest BCUT2D eigenvalue weighted by atomic mass is 9.69. The van der Waals surface area contributed by atoms with Gasteiger partial charge in [0.25, 0.3) is 5.56 Å². The third kappa shape index (κ3) is 2.50. The van der Waals surface area contributed by atoms with Crippen molar-refractivity contribution in [1.82, 2.24) is 9.55 Å². The fraction of sp³-hybridized carbons (Fsp3) is 0.304. The molecule has 0 saturated carbocycles. The fourth-order valence-electron chi connectivity index (χ4n) is 4.41. The van der Waals surface area contributed by atoms with E-state index in [0.717, 1.165) is 34.8 Å². The maximum atomic E-state index is 13.6. The van der Waals surface area contributed by atoms with Crippen molar-refractivity contribution >= 4 is 11.8 Å². The second kappa shape index (κ2) is 6.10. The van der Waals surface area contributed by atoms with E-state index in [1.165, 1.54) is 11.1 Å². The zero-order chi connectivity index (χ0) is 18.6. The van der Waals surface area contributed by atoms with Crippen molar-refractivity contribution in [3.8, 4) is 11.3 Å². The Hall–Kier alpha value is -2.33. The molecule has 0 amide bonds. The Bertz CT molecular complexity index is 1090. The van der Waals surface area contributed by atoms with Gasteiger partial charge in [-0.1, -0.05) is 80.2 Å². The van der Waals surface area contributed by atoms with Gasteiger partial charge in [0.05, 0.1) is 16.5 Å². The van der Waals surface area contributed by atoms with Crippen LogP contribution in [0.4, 0.5) is 0 Å². The highest BCUT2D eigenvalue weighted by Crippen LogP contribution is 2.46. The molecule has 2 aliphatic rings. The summed E-state index contributed by atoms with van der Waals surface area (Å²) in [5.41, 5.74) is 5.48. The predicted octanol–water partition coefficient (Wildman–Crippen LogP) is 4.98. The molecule has 27 heavy (non-hydrogen) atoms. The van der Waals surface area contributed by atoms with Crippen LogP contribution in [-0.4, -0.2) is 9.55 Å². The molecule has 136 valence electrons. The largest absolute Gasteiger partial charge is 0.286 e. The SMILES string of the molecule is CC[C@]1(C)Cc2ccccc2-c2nc3n(c(=O)c21)C[C@H](c1ccccc1)S3. The molecule has 0 spiro atoms. The van der Waals surface area contributed by atoms with E-state index in [-0.39, 0.29) is 16.2 Å². The van der Waals surface area contributed by atoms with Crippen LogP contribution in [0.1, 0.15) is 42.2 Å². The zero-order valence-corrected chi connectivity index (χ0v) is 16.4. The molecule has 1 aliphatic carbocycles. The molecular formula is C23H22N2OS. The van der Waals surface area contributed by atoms with Gasteiger partial charge >= 0.3 is 0 Å². The molecule has 0 bridgehead atoms. The highest BCUT2D eigenvalue weighted by atomic mass is 32.2. The van der Waals surface area contributed by atoms with E-state index in [2.05, 4.69) is 56.3 Å². The van der Waals surface area contributed by atoms with Crippen LogP contribution in [0, 0.1) is 0 Å². The maximum Gasteiger partial charge on any atom is 0.258 e. The van der Waals surface area contributed by atoms with E-state index in [1.54, 1.807) is 11.8 Å². The standard InChI is InChI=1S/C23H22N2OS/c1-3-23(2)13-16-11-7-8-12-17(16)20-19(23)21(26)25-14-18(27-22(25)24-20)15-9-5-4-6-10-15/h4-12,18H,3,13-14H2,1-2H3/t18-,23-/m1/s1. The summed E-state index contributed by atoms with van der Waals surface area (Å²) >= 11 is 1.71. The van der Waals surface area contributed by atoms with Crippen LogP contribution in [0.25, 0.3) is 11.3 Å². The van der Waals surface area contributed by atoms with Gasteiger partial charge in [-0.3, -0.25) is 9.36 Å². The quantitative estimate of drug-likeness (QED) is 0.593. The van der Waals surface area contributed by atoms with Gasteiger partial charge in [0.2, 0.25) is 0 Å². The predicted molar refractivity (Wildman–Crippen MR) is 110 cm³/mol. The Morgan fingerprint density at radius 1 is 1.15 bits per heavy atom. The maximum absolute atomic E-state index is 13.6. The number of rotatable bonds is 2. The van der Waals surface area contributed by atoms with E-state index < -0.39 is 0 Å². The summed E-state index contributed by atoms with van der Waals surface area (Å²) in [5, 5.41) is 1.10. The number of benzene rings is 2. The second-order valence-electron chi connectivity index (χ2n) is 7.80. The molecule has 4 heteroatoms. The van der Waals surface area contributed by atoms with Crippen molar-refractivity contribution in [1.29, 1.82) is 0 Å². The Kier molecular flexibility index (Phi) is 3.80.